The number of rotatable bonds is 53. The van der Waals surface area contributed by atoms with Crippen molar-refractivity contribution >= 4 is 98.0 Å². The van der Waals surface area contributed by atoms with Crippen LogP contribution in [0.1, 0.15) is 166 Å². The minimum absolute atomic E-state index is 0.00481. The average Bonchev–Trinajstić information content (AvgIpc) is 0.807. The van der Waals surface area contributed by atoms with Gasteiger partial charge in [-0.3, -0.25) is 38.4 Å². The normalized spacial score (nSPS) is 11.9. The number of aldehydes is 8. The Morgan fingerprint density at radius 3 is 0.415 bits per heavy atom. The summed E-state index contributed by atoms with van der Waals surface area (Å²) in [5, 5.41) is 0. The number of benzene rings is 8. The van der Waals surface area contributed by atoms with Gasteiger partial charge in [0.2, 0.25) is 0 Å². The number of ether oxygens (including phenoxy) is 16. The molecule has 0 saturated carbocycles. The Hall–Kier alpha value is -13.4. The zero-order chi connectivity index (χ0) is 84.2. The van der Waals surface area contributed by atoms with Gasteiger partial charge in [0.15, 0.2) is 12.6 Å². The van der Waals surface area contributed by atoms with Crippen LogP contribution in [0.25, 0.3) is 0 Å². The van der Waals surface area contributed by atoms with Crippen LogP contribution in [-0.4, -0.2) is 241 Å². The van der Waals surface area contributed by atoms with Gasteiger partial charge < -0.3 is 75.8 Å². The second kappa shape index (κ2) is 49.4. The summed E-state index contributed by atoms with van der Waals surface area (Å²) in [6.07, 6.45) is -7.44. The maximum atomic E-state index is 13.8. The van der Waals surface area contributed by atoms with Crippen molar-refractivity contribution in [3.63, 3.8) is 0 Å². The van der Waals surface area contributed by atoms with Gasteiger partial charge in [0.05, 0.1) is 97.4 Å². The second-order valence-corrected chi connectivity index (χ2v) is 24.6. The Kier molecular flexibility index (Phi) is 37.7. The molecule has 0 aromatic heterocycles. The van der Waals surface area contributed by atoms with Crippen molar-refractivity contribution in [3.8, 4) is 0 Å². The average molecular weight is 1620 g/mol. The van der Waals surface area contributed by atoms with Crippen LogP contribution in [0, 0.1) is 0 Å². The Balaban J connectivity index is 1.28. The van der Waals surface area contributed by atoms with Crippen LogP contribution in [0.15, 0.2) is 194 Å². The third-order valence-electron chi connectivity index (χ3n) is 16.7. The van der Waals surface area contributed by atoms with Gasteiger partial charge >= 0.3 is 47.8 Å². The van der Waals surface area contributed by atoms with Gasteiger partial charge in [-0.25, -0.2) is 38.4 Å². The lowest BCUT2D eigenvalue weighted by molar-refractivity contribution is -0.287. The summed E-state index contributed by atoms with van der Waals surface area (Å²) < 4.78 is 98.3. The molecule has 0 aliphatic rings. The first kappa shape index (κ1) is 90.1. The van der Waals surface area contributed by atoms with E-state index in [0.717, 1.165) is 0 Å². The molecule has 32 nitrogen and oxygen atoms in total. The fourth-order valence-electron chi connectivity index (χ4n) is 10.6. The molecule has 0 aliphatic heterocycles. The Labute approximate surface area is 673 Å². The molecule has 8 rings (SSSR count). The zero-order valence-corrected chi connectivity index (χ0v) is 62.9. The third-order valence-corrected chi connectivity index (χ3v) is 16.7. The highest BCUT2D eigenvalue weighted by Crippen LogP contribution is 2.28. The largest absolute Gasteiger partial charge is 0.460 e. The highest BCUT2D eigenvalue weighted by atomic mass is 16.7. The van der Waals surface area contributed by atoms with Crippen molar-refractivity contribution in [2.45, 2.75) is 37.0 Å². The highest BCUT2D eigenvalue weighted by Gasteiger charge is 2.47. The number of carbonyl (C=O) groups excluding carboxylic acids is 16. The van der Waals surface area contributed by atoms with Gasteiger partial charge in [0.1, 0.15) is 128 Å². The Morgan fingerprint density at radius 2 is 0.288 bits per heavy atom. The Bertz CT molecular complexity index is 4210. The lowest BCUT2D eigenvalue weighted by Crippen LogP contribution is -2.58. The molecule has 0 aliphatic carbocycles. The van der Waals surface area contributed by atoms with E-state index in [-0.39, 0.29) is 89.0 Å². The fraction of sp³-hybridized carbons (Fsp3) is 0.256. The second-order valence-electron chi connectivity index (χ2n) is 24.6. The smallest absolute Gasteiger partial charge is 0.338 e. The van der Waals surface area contributed by atoms with Crippen LogP contribution in [-0.2, 0) is 75.8 Å². The van der Waals surface area contributed by atoms with Crippen molar-refractivity contribution in [2.75, 3.05) is 106 Å². The summed E-state index contributed by atoms with van der Waals surface area (Å²) in [6, 6.07) is 42.9. The van der Waals surface area contributed by atoms with Crippen molar-refractivity contribution in [2.24, 2.45) is 0 Å². The summed E-state index contributed by atoms with van der Waals surface area (Å²) in [7, 11) is 0. The summed E-state index contributed by atoms with van der Waals surface area (Å²) in [6.45, 7) is -10.3. The molecule has 4 atom stereocenters. The first-order valence-corrected chi connectivity index (χ1v) is 36.2. The van der Waals surface area contributed by atoms with E-state index in [1.165, 1.54) is 194 Å². The summed E-state index contributed by atoms with van der Waals surface area (Å²) in [5.41, 5.74) is 1.77. The lowest BCUT2D eigenvalue weighted by atomic mass is 10.00. The standard InChI is InChI=1S/C86H78O32/c87-49-57-1-17-65(18-2-57)77(95)107-37-33-103-73(75(105-35-39-109-79(97)67-21-5-59(51-89)6-22-67)85(115-45-41-111-81(99)69-25-9-61(53-91)10-26-69)116-46-42-112-82(100)70-27-11-62(54-92)12-28-70)74(104-34-38-108-78(96)66-19-3-58(50-88)4-20-66)76(106-36-40-110-80(98)68-23-7-60(52-90)8-24-68)86(117-47-43-113-83(101)71-29-13-63(55-93)14-30-71)118-48-44-114-84(102)72-31-15-64(56-94)16-32-72/h1-32,49-56,73-76,85-86H,33-48H2. The Morgan fingerprint density at radius 1 is 0.169 bits per heavy atom. The van der Waals surface area contributed by atoms with E-state index < -0.39 is 190 Å². The van der Waals surface area contributed by atoms with Crippen LogP contribution >= 0.6 is 0 Å². The molecule has 118 heavy (non-hydrogen) atoms. The molecular formula is C86H78O32. The third kappa shape index (κ3) is 29.1. The monoisotopic (exact) mass is 1620 g/mol. The first-order valence-electron chi connectivity index (χ1n) is 36.2. The summed E-state index contributed by atoms with van der Waals surface area (Å²) >= 11 is 0. The zero-order valence-electron chi connectivity index (χ0n) is 62.9. The van der Waals surface area contributed by atoms with Crippen molar-refractivity contribution in [3.05, 3.63) is 283 Å². The molecule has 0 amide bonds. The number of carbonyl (C=O) groups is 16. The predicted molar refractivity (Wildman–Crippen MR) is 407 cm³/mol. The van der Waals surface area contributed by atoms with E-state index in [2.05, 4.69) is 0 Å². The van der Waals surface area contributed by atoms with E-state index in [9.17, 15) is 76.7 Å². The van der Waals surface area contributed by atoms with Crippen molar-refractivity contribution < 1.29 is 153 Å². The molecular weight excluding hydrogens is 1540 g/mol. The minimum atomic E-state index is -2.00. The highest BCUT2D eigenvalue weighted by molar-refractivity contribution is 5.95. The molecule has 32 heteroatoms. The van der Waals surface area contributed by atoms with Gasteiger partial charge in [-0.2, -0.15) is 0 Å². The molecule has 0 radical (unpaired) electrons. The van der Waals surface area contributed by atoms with E-state index in [4.69, 9.17) is 75.8 Å². The molecule has 0 bridgehead atoms. The number of hydrogen-bond donors (Lipinski definition) is 0. The van der Waals surface area contributed by atoms with Gasteiger partial charge in [0.25, 0.3) is 0 Å². The quantitative estimate of drug-likeness (QED) is 0.0113. The topological polar surface area (TPSA) is 421 Å². The molecule has 0 N–H and O–H groups in total. The minimum Gasteiger partial charge on any atom is -0.460 e. The molecule has 614 valence electrons. The van der Waals surface area contributed by atoms with Gasteiger partial charge in [-0.15, -0.1) is 0 Å². The van der Waals surface area contributed by atoms with E-state index in [0.29, 0.717) is 50.3 Å². The van der Waals surface area contributed by atoms with Crippen LogP contribution in [0.5, 0.6) is 0 Å². The van der Waals surface area contributed by atoms with Crippen LogP contribution < -0.4 is 0 Å². The maximum absolute atomic E-state index is 13.8. The lowest BCUT2D eigenvalue weighted by Gasteiger charge is -2.41. The molecule has 0 fully saturated rings. The van der Waals surface area contributed by atoms with Gasteiger partial charge in [-0.1, -0.05) is 97.1 Å². The van der Waals surface area contributed by atoms with Crippen LogP contribution in [0.2, 0.25) is 0 Å². The molecule has 0 saturated heterocycles. The maximum Gasteiger partial charge on any atom is 0.338 e. The molecule has 8 aromatic rings. The van der Waals surface area contributed by atoms with Crippen LogP contribution in [0.3, 0.4) is 0 Å². The summed E-state index contributed by atoms with van der Waals surface area (Å²) in [5.74, 6) is -7.33. The summed E-state index contributed by atoms with van der Waals surface area (Å²) in [4.78, 5) is 202. The molecule has 0 spiro atoms. The SMILES string of the molecule is O=Cc1ccc(C(=O)OCCOC(OCCOC(=O)c2ccc(C=O)cc2)C(OCCOC(=O)c2ccc(C=O)cc2)C(OCCOC(=O)c2ccc(C=O)cc2)C(OCCOC(=O)c2ccc(C=O)cc2)C(OCCOC(=O)c2ccc(C=O)cc2)C(OCCOC(=O)c2ccc(C=O)cc2)OCCOC(=O)c2ccc(C=O)cc2)cc1. The van der Waals surface area contributed by atoms with Crippen molar-refractivity contribution in [1.82, 2.24) is 0 Å². The van der Waals surface area contributed by atoms with Gasteiger partial charge in [0, 0.05) is 44.5 Å². The molecule has 8 aromatic carbocycles. The van der Waals surface area contributed by atoms with Crippen LogP contribution in [0.4, 0.5) is 0 Å². The predicted octanol–water partition coefficient (Wildman–Crippen LogP) is 8.60. The van der Waals surface area contributed by atoms with E-state index >= 15 is 0 Å². The van der Waals surface area contributed by atoms with Gasteiger partial charge in [-0.05, 0) is 97.1 Å². The van der Waals surface area contributed by atoms with E-state index in [1.54, 1.807) is 0 Å². The fourth-order valence-corrected chi connectivity index (χ4v) is 10.6. The van der Waals surface area contributed by atoms with E-state index in [1.807, 2.05) is 0 Å². The molecule has 4 unspecified atom stereocenters. The number of esters is 8. The number of hydrogen-bond acceptors (Lipinski definition) is 32. The molecule has 0 heterocycles. The van der Waals surface area contributed by atoms with Crippen molar-refractivity contribution in [1.29, 1.82) is 0 Å². The first-order chi connectivity index (χ1) is 57.5.